The highest BCUT2D eigenvalue weighted by atomic mass is 19.1. The van der Waals surface area contributed by atoms with E-state index in [0.29, 0.717) is 24.8 Å². The molecule has 31 heavy (non-hydrogen) atoms. The Morgan fingerprint density at radius 1 is 1.19 bits per heavy atom. The normalized spacial score (nSPS) is 15.0. The molecule has 1 fully saturated rings. The van der Waals surface area contributed by atoms with Crippen LogP contribution in [0.15, 0.2) is 42.7 Å². The second kappa shape index (κ2) is 9.43. The number of halogens is 1. The van der Waals surface area contributed by atoms with Crippen molar-refractivity contribution in [3.8, 4) is 5.75 Å². The van der Waals surface area contributed by atoms with E-state index >= 15 is 0 Å². The Labute approximate surface area is 181 Å². The fraction of sp³-hybridized carbons (Fsp3) is 0.435. The molecule has 4 rings (SSSR count). The fourth-order valence-corrected chi connectivity index (χ4v) is 4.07. The Kier molecular flexibility index (Phi) is 6.46. The van der Waals surface area contributed by atoms with E-state index in [2.05, 4.69) is 29.1 Å². The van der Waals surface area contributed by atoms with Crippen molar-refractivity contribution in [1.82, 2.24) is 24.4 Å². The summed E-state index contributed by atoms with van der Waals surface area (Å²) >= 11 is 0. The molecule has 1 aliphatic heterocycles. The first-order valence-electron chi connectivity index (χ1n) is 10.6. The van der Waals surface area contributed by atoms with Gasteiger partial charge in [-0.3, -0.25) is 4.79 Å². The molecular weight excluding hydrogens is 397 g/mol. The molecule has 8 heteroatoms. The number of fused-ring (bicyclic) bond motifs is 1. The van der Waals surface area contributed by atoms with Crippen LogP contribution >= 0.6 is 0 Å². The van der Waals surface area contributed by atoms with Gasteiger partial charge in [0.25, 0.3) is 5.91 Å². The minimum Gasteiger partial charge on any atom is -0.484 e. The maximum atomic E-state index is 13.0. The number of ether oxygens (including phenoxy) is 1. The number of nitrogens with zero attached hydrogens (tertiary/aromatic N) is 5. The molecular formula is C23H28FN5O2. The molecule has 1 aliphatic rings. The van der Waals surface area contributed by atoms with Crippen LogP contribution in [-0.4, -0.2) is 64.1 Å². The number of benzene rings is 1. The minimum absolute atomic E-state index is 0.0262. The summed E-state index contributed by atoms with van der Waals surface area (Å²) in [5.74, 6) is 0.627. The summed E-state index contributed by atoms with van der Waals surface area (Å²) in [6, 6.07) is 7.64. The molecule has 3 heterocycles. The zero-order valence-corrected chi connectivity index (χ0v) is 18.0. The van der Waals surface area contributed by atoms with Crippen molar-refractivity contribution in [1.29, 1.82) is 0 Å². The van der Waals surface area contributed by atoms with Gasteiger partial charge in [-0.15, -0.1) is 0 Å². The first-order valence-corrected chi connectivity index (χ1v) is 10.6. The zero-order valence-electron chi connectivity index (χ0n) is 18.0. The Morgan fingerprint density at radius 3 is 2.65 bits per heavy atom. The quantitative estimate of drug-likeness (QED) is 0.583. The van der Waals surface area contributed by atoms with Crippen molar-refractivity contribution < 1.29 is 13.9 Å². The van der Waals surface area contributed by atoms with E-state index in [1.165, 1.54) is 35.5 Å². The van der Waals surface area contributed by atoms with E-state index in [1.54, 1.807) is 6.20 Å². The molecule has 0 saturated carbocycles. The average Bonchev–Trinajstić information content (AvgIpc) is 3.24. The summed E-state index contributed by atoms with van der Waals surface area (Å²) in [4.78, 5) is 21.0. The third-order valence-corrected chi connectivity index (χ3v) is 5.71. The summed E-state index contributed by atoms with van der Waals surface area (Å²) in [7, 11) is 4.10. The van der Waals surface area contributed by atoms with Crippen LogP contribution in [0, 0.1) is 11.7 Å². The van der Waals surface area contributed by atoms with Gasteiger partial charge in [-0.25, -0.2) is 13.9 Å². The second-order valence-corrected chi connectivity index (χ2v) is 8.34. The van der Waals surface area contributed by atoms with Crippen LogP contribution in [0.3, 0.4) is 0 Å². The smallest absolute Gasteiger partial charge is 0.260 e. The number of carbonyl (C=O) groups is 1. The number of piperidine rings is 1. The van der Waals surface area contributed by atoms with Gasteiger partial charge in [0.05, 0.1) is 11.9 Å². The van der Waals surface area contributed by atoms with Gasteiger partial charge < -0.3 is 14.5 Å². The van der Waals surface area contributed by atoms with Gasteiger partial charge in [0, 0.05) is 37.5 Å². The lowest BCUT2D eigenvalue weighted by molar-refractivity contribution is -0.134. The second-order valence-electron chi connectivity index (χ2n) is 8.34. The van der Waals surface area contributed by atoms with E-state index in [-0.39, 0.29) is 18.3 Å². The number of likely N-dealkylation sites (tertiary alicyclic amines) is 1. The van der Waals surface area contributed by atoms with Gasteiger partial charge in [-0.05, 0) is 63.5 Å². The SMILES string of the molecule is CN(C)Cc1cnc2ccnn2c1CC1CCN(C(=O)COc2ccc(F)cc2)CC1. The number of rotatable bonds is 7. The molecule has 0 atom stereocenters. The van der Waals surface area contributed by atoms with Gasteiger partial charge in [0.15, 0.2) is 12.3 Å². The van der Waals surface area contributed by atoms with E-state index in [1.807, 2.05) is 21.7 Å². The number of hydrogen-bond donors (Lipinski definition) is 0. The first-order chi connectivity index (χ1) is 15.0. The van der Waals surface area contributed by atoms with Gasteiger partial charge in [0.1, 0.15) is 11.6 Å². The summed E-state index contributed by atoms with van der Waals surface area (Å²) < 4.78 is 20.4. The van der Waals surface area contributed by atoms with Gasteiger partial charge in [-0.2, -0.15) is 5.10 Å². The first kappa shape index (κ1) is 21.2. The lowest BCUT2D eigenvalue weighted by atomic mass is 9.90. The molecule has 0 aliphatic carbocycles. The lowest BCUT2D eigenvalue weighted by Crippen LogP contribution is -2.41. The predicted molar refractivity (Wildman–Crippen MR) is 115 cm³/mol. The van der Waals surface area contributed by atoms with Gasteiger partial charge in [-0.1, -0.05) is 0 Å². The standard InChI is InChI=1S/C23H28FN5O2/c1-27(2)15-18-14-25-22-7-10-26-29(22)21(18)13-17-8-11-28(12-9-17)23(30)16-31-20-5-3-19(24)4-6-20/h3-7,10,14,17H,8-9,11-13,15-16H2,1-2H3. The summed E-state index contributed by atoms with van der Waals surface area (Å²) in [5, 5.41) is 4.48. The van der Waals surface area contributed by atoms with Crippen molar-refractivity contribution in [3.63, 3.8) is 0 Å². The van der Waals surface area contributed by atoms with E-state index in [0.717, 1.165) is 31.5 Å². The Balaban J connectivity index is 1.34. The van der Waals surface area contributed by atoms with Crippen molar-refractivity contribution >= 4 is 11.6 Å². The molecule has 2 aromatic heterocycles. The molecule has 7 nitrogen and oxygen atoms in total. The van der Waals surface area contributed by atoms with Crippen molar-refractivity contribution in [2.24, 2.45) is 5.92 Å². The highest BCUT2D eigenvalue weighted by molar-refractivity contribution is 5.77. The maximum Gasteiger partial charge on any atom is 0.260 e. The van der Waals surface area contributed by atoms with Crippen molar-refractivity contribution in [3.05, 3.63) is 59.8 Å². The molecule has 1 saturated heterocycles. The van der Waals surface area contributed by atoms with Crippen molar-refractivity contribution in [2.45, 2.75) is 25.8 Å². The van der Waals surface area contributed by atoms with E-state index in [9.17, 15) is 9.18 Å². The van der Waals surface area contributed by atoms with Crippen LogP contribution in [0.2, 0.25) is 0 Å². The average molecular weight is 426 g/mol. The van der Waals surface area contributed by atoms with Crippen molar-refractivity contribution in [2.75, 3.05) is 33.8 Å². The minimum atomic E-state index is -0.323. The van der Waals surface area contributed by atoms with Gasteiger partial charge >= 0.3 is 0 Å². The van der Waals surface area contributed by atoms with E-state index < -0.39 is 0 Å². The van der Waals surface area contributed by atoms with Crippen LogP contribution in [0.25, 0.3) is 5.65 Å². The summed E-state index contributed by atoms with van der Waals surface area (Å²) in [6.45, 7) is 2.22. The number of hydrogen-bond acceptors (Lipinski definition) is 5. The van der Waals surface area contributed by atoms with E-state index in [4.69, 9.17) is 4.74 Å². The summed E-state index contributed by atoms with van der Waals surface area (Å²) in [5.41, 5.74) is 3.25. The number of aromatic nitrogens is 3. The lowest BCUT2D eigenvalue weighted by Gasteiger charge is -2.32. The molecule has 0 unspecified atom stereocenters. The summed E-state index contributed by atoms with van der Waals surface area (Å²) in [6.07, 6.45) is 6.53. The van der Waals surface area contributed by atoms with Gasteiger partial charge in [0.2, 0.25) is 0 Å². The predicted octanol–water partition coefficient (Wildman–Crippen LogP) is 2.79. The molecule has 164 valence electrons. The van der Waals surface area contributed by atoms with Crippen LogP contribution in [0.1, 0.15) is 24.1 Å². The molecule has 1 aromatic carbocycles. The topological polar surface area (TPSA) is 63.0 Å². The molecule has 0 spiro atoms. The molecule has 3 aromatic rings. The monoisotopic (exact) mass is 425 g/mol. The molecule has 0 radical (unpaired) electrons. The zero-order chi connectivity index (χ0) is 21.8. The number of amides is 1. The maximum absolute atomic E-state index is 13.0. The Bertz CT molecular complexity index is 1030. The number of carbonyl (C=O) groups excluding carboxylic acids is 1. The highest BCUT2D eigenvalue weighted by Gasteiger charge is 2.25. The molecule has 1 amide bonds. The fourth-order valence-electron chi connectivity index (χ4n) is 4.07. The van der Waals surface area contributed by atoms with Crippen LogP contribution in [0.5, 0.6) is 5.75 Å². The Morgan fingerprint density at radius 2 is 1.94 bits per heavy atom. The van der Waals surface area contributed by atoms with Crippen LogP contribution < -0.4 is 4.74 Å². The largest absolute Gasteiger partial charge is 0.484 e. The van der Waals surface area contributed by atoms with Crippen LogP contribution in [-0.2, 0) is 17.8 Å². The highest BCUT2D eigenvalue weighted by Crippen LogP contribution is 2.24. The Hall–Kier alpha value is -3.00. The van der Waals surface area contributed by atoms with Crippen LogP contribution in [0.4, 0.5) is 4.39 Å². The third-order valence-electron chi connectivity index (χ3n) is 5.71. The molecule has 0 bridgehead atoms. The molecule has 0 N–H and O–H groups in total. The third kappa shape index (κ3) is 5.19.